The van der Waals surface area contributed by atoms with Crippen LogP contribution < -0.4 is 20.2 Å². The predicted molar refractivity (Wildman–Crippen MR) is 176 cm³/mol. The van der Waals surface area contributed by atoms with Crippen molar-refractivity contribution in [2.45, 2.75) is 0 Å². The normalized spacial score (nSPS) is 10.4. The quantitative estimate of drug-likeness (QED) is 0.240. The van der Waals surface area contributed by atoms with E-state index in [4.69, 9.17) is 33.4 Å². The first-order chi connectivity index (χ1) is 22.9. The van der Waals surface area contributed by atoms with Gasteiger partial charge in [-0.15, -0.1) is 0 Å². The van der Waals surface area contributed by atoms with E-state index in [9.17, 15) is 29.4 Å². The average molecular weight is 686 g/mol. The molecule has 0 saturated carbocycles. The summed E-state index contributed by atoms with van der Waals surface area (Å²) < 4.78 is 0. The van der Waals surface area contributed by atoms with Gasteiger partial charge in [-0.25, -0.2) is 19.6 Å². The van der Waals surface area contributed by atoms with Crippen molar-refractivity contribution >= 4 is 71.4 Å². The number of halogens is 2. The van der Waals surface area contributed by atoms with E-state index in [1.807, 2.05) is 97.6 Å². The van der Waals surface area contributed by atoms with E-state index in [-0.39, 0.29) is 0 Å². The summed E-state index contributed by atoms with van der Waals surface area (Å²) in [6.07, 6.45) is 15.9. The second kappa shape index (κ2) is 18.1. The lowest BCUT2D eigenvalue weighted by atomic mass is 9.98. The van der Waals surface area contributed by atoms with Crippen LogP contribution in [-0.4, -0.2) is 34.1 Å². The second-order valence-corrected chi connectivity index (χ2v) is 10.4. The number of carbonyl (C=O) groups is 4. The molecule has 0 atom stereocenters. The van der Waals surface area contributed by atoms with Crippen LogP contribution in [0.25, 0.3) is 24.3 Å². The number of benzene rings is 3. The Hall–Kier alpha value is -6.10. The molecule has 0 spiro atoms. The number of carboxylic acids is 4. The fraction of sp³-hybridized carbons (Fsp3) is 0. The Morgan fingerprint density at radius 1 is 0.479 bits per heavy atom. The van der Waals surface area contributed by atoms with E-state index in [0.717, 1.165) is 21.2 Å². The highest BCUT2D eigenvalue weighted by molar-refractivity contribution is 6.30. The van der Waals surface area contributed by atoms with E-state index in [1.54, 1.807) is 0 Å². The topological polar surface area (TPSA) is 183 Å². The molecule has 5 rings (SSSR count). The number of carbonyl (C=O) groups excluding carboxylic acids is 2. The molecule has 4 N–H and O–H groups in total. The number of carboxylic acid groups (broad SMARTS) is 4. The Balaban J connectivity index is 0.000000196. The lowest BCUT2D eigenvalue weighted by Gasteiger charge is -2.13. The van der Waals surface area contributed by atoms with Gasteiger partial charge in [0.1, 0.15) is 0 Å². The summed E-state index contributed by atoms with van der Waals surface area (Å²) in [6, 6.07) is 24.4. The largest absolute Gasteiger partial charge is 0.545 e. The van der Waals surface area contributed by atoms with Crippen molar-refractivity contribution in [2.24, 2.45) is 0 Å². The predicted octanol–water partition coefficient (Wildman–Crippen LogP) is 4.46. The smallest absolute Gasteiger partial charge is 0.336 e. The molecular formula is C36H26Cl2N2O8. The maximum atomic E-state index is 10.7. The zero-order valence-electron chi connectivity index (χ0n) is 24.8. The van der Waals surface area contributed by atoms with E-state index >= 15 is 0 Å². The lowest BCUT2D eigenvalue weighted by molar-refractivity contribution is -0.378. The van der Waals surface area contributed by atoms with E-state index in [0.29, 0.717) is 12.1 Å². The van der Waals surface area contributed by atoms with Crippen molar-refractivity contribution in [3.8, 4) is 0 Å². The molecule has 0 aliphatic rings. The zero-order valence-corrected chi connectivity index (χ0v) is 26.3. The summed E-state index contributed by atoms with van der Waals surface area (Å²) in [4.78, 5) is 48.7. The molecule has 0 fully saturated rings. The standard InChI is InChI=1S/2C13H10ClN.C10H6O8/c2*14-13-5-3-11(4-6-13)1-2-12-7-9-15-10-8-12;11-7(12)3-1-4(8(13)14)6(10(17)18)2-5(3)9(15)16/h2*1-10H;1-2H,(H,11,12)(H,13,14)(H,15,16)(H,17,18)/b2*2-1+;. The first-order valence-electron chi connectivity index (χ1n) is 13.8. The average Bonchev–Trinajstić information content (AvgIpc) is 3.08. The molecule has 48 heavy (non-hydrogen) atoms. The number of hydrogen-bond acceptors (Lipinski definition) is 6. The van der Waals surface area contributed by atoms with E-state index in [2.05, 4.69) is 34.3 Å². The Kier molecular flexibility index (Phi) is 13.8. The first-order valence-corrected chi connectivity index (χ1v) is 14.6. The van der Waals surface area contributed by atoms with Gasteiger partial charge < -0.3 is 30.0 Å². The zero-order chi connectivity index (χ0) is 35.1. The fourth-order valence-electron chi connectivity index (χ4n) is 3.85. The van der Waals surface area contributed by atoms with Gasteiger partial charge >= 0.3 is 11.9 Å². The van der Waals surface area contributed by atoms with Crippen LogP contribution in [0.2, 0.25) is 10.0 Å². The van der Waals surface area contributed by atoms with Crippen LogP contribution in [-0.2, 0) is 0 Å². The summed E-state index contributed by atoms with van der Waals surface area (Å²) in [5.41, 5.74) is 1.00. The highest BCUT2D eigenvalue weighted by Crippen LogP contribution is 2.18. The second-order valence-electron chi connectivity index (χ2n) is 9.57. The minimum absolute atomic E-state index is 0.386. The van der Waals surface area contributed by atoms with Crippen molar-refractivity contribution in [2.75, 3.05) is 0 Å². The Bertz CT molecular complexity index is 1740. The minimum Gasteiger partial charge on any atom is -0.545 e. The van der Waals surface area contributed by atoms with Crippen molar-refractivity contribution < 1.29 is 49.6 Å². The molecule has 5 aromatic rings. The molecule has 0 unspecified atom stereocenters. The van der Waals surface area contributed by atoms with Crippen LogP contribution in [0.3, 0.4) is 0 Å². The highest BCUT2D eigenvalue weighted by Gasteiger charge is 2.19. The fourth-order valence-corrected chi connectivity index (χ4v) is 4.10. The molecule has 2 heterocycles. The molecule has 12 heteroatoms. The van der Waals surface area contributed by atoms with Gasteiger partial charge in [-0.1, -0.05) is 71.8 Å². The number of rotatable bonds is 8. The molecule has 0 aliphatic carbocycles. The molecule has 0 bridgehead atoms. The Labute approximate surface area is 284 Å². The third kappa shape index (κ3) is 11.7. The first kappa shape index (κ1) is 36.4. The van der Waals surface area contributed by atoms with Crippen LogP contribution in [0.15, 0.2) is 110 Å². The molecule has 10 nitrogen and oxygen atoms in total. The van der Waals surface area contributed by atoms with Crippen LogP contribution in [0, 0.1) is 0 Å². The third-order valence-electron chi connectivity index (χ3n) is 6.22. The van der Waals surface area contributed by atoms with Crippen molar-refractivity contribution in [3.63, 3.8) is 0 Å². The monoisotopic (exact) mass is 684 g/mol. The van der Waals surface area contributed by atoms with Crippen LogP contribution in [0.1, 0.15) is 63.7 Å². The maximum absolute atomic E-state index is 10.7. The molecule has 0 radical (unpaired) electrons. The summed E-state index contributed by atoms with van der Waals surface area (Å²) >= 11 is 11.6. The van der Waals surface area contributed by atoms with Crippen molar-refractivity contribution in [1.82, 2.24) is 0 Å². The van der Waals surface area contributed by atoms with Gasteiger partial charge in [0.2, 0.25) is 0 Å². The highest BCUT2D eigenvalue weighted by atomic mass is 35.5. The van der Waals surface area contributed by atoms with E-state index in [1.165, 1.54) is 11.1 Å². The van der Waals surface area contributed by atoms with Crippen molar-refractivity contribution in [3.05, 3.63) is 164 Å². The maximum Gasteiger partial charge on any atom is 0.336 e. The molecule has 0 amide bonds. The molecule has 242 valence electrons. The van der Waals surface area contributed by atoms with Gasteiger partial charge in [-0.2, -0.15) is 0 Å². The van der Waals surface area contributed by atoms with Crippen LogP contribution >= 0.6 is 23.2 Å². The number of hydrogen-bond donors (Lipinski definition) is 2. The number of aromatic nitrogens is 2. The number of aromatic carboxylic acids is 4. The minimum atomic E-state index is -1.94. The molecule has 0 aliphatic heterocycles. The van der Waals surface area contributed by atoms with Gasteiger partial charge in [0.05, 0.1) is 23.1 Å². The number of H-pyrrole nitrogens is 2. The summed E-state index contributed by atoms with van der Waals surface area (Å²) in [7, 11) is 0. The number of nitrogens with one attached hydrogen (secondary N) is 2. The van der Waals surface area contributed by atoms with Crippen LogP contribution in [0.4, 0.5) is 0 Å². The Morgan fingerprint density at radius 3 is 1.02 bits per heavy atom. The summed E-state index contributed by atoms with van der Waals surface area (Å²) in [5, 5.41) is 40.2. The number of aromatic amines is 2. The molecule has 0 saturated heterocycles. The third-order valence-corrected chi connectivity index (χ3v) is 6.73. The van der Waals surface area contributed by atoms with Gasteiger partial charge in [0, 0.05) is 45.4 Å². The van der Waals surface area contributed by atoms with Gasteiger partial charge in [0.15, 0.2) is 24.8 Å². The summed E-state index contributed by atoms with van der Waals surface area (Å²) in [5.74, 6) is -7.32. The molecule has 2 aromatic heterocycles. The van der Waals surface area contributed by atoms with Gasteiger partial charge in [0.25, 0.3) is 0 Å². The van der Waals surface area contributed by atoms with Gasteiger partial charge in [-0.3, -0.25) is 0 Å². The SMILES string of the molecule is Clc1ccc(/C=C/c2cc[nH+]cc2)cc1.Clc1ccc(/C=C/c2cc[nH+]cc2)cc1.O=C([O-])c1cc(C(=O)[O-])c(C(=O)O)cc1C(=O)O. The summed E-state index contributed by atoms with van der Waals surface area (Å²) in [6.45, 7) is 0. The van der Waals surface area contributed by atoms with Gasteiger partial charge in [-0.05, 0) is 58.7 Å². The van der Waals surface area contributed by atoms with E-state index < -0.39 is 46.1 Å². The lowest BCUT2D eigenvalue weighted by Crippen LogP contribution is -2.29. The number of pyridine rings is 2. The molecule has 3 aromatic carbocycles. The van der Waals surface area contributed by atoms with Crippen LogP contribution in [0.5, 0.6) is 0 Å². The molecular weight excluding hydrogens is 659 g/mol. The Morgan fingerprint density at radius 2 is 0.750 bits per heavy atom. The van der Waals surface area contributed by atoms with Crippen molar-refractivity contribution in [1.29, 1.82) is 0 Å².